The second kappa shape index (κ2) is 10.2. The summed E-state index contributed by atoms with van der Waals surface area (Å²) in [6, 6.07) is 22.6. The van der Waals surface area contributed by atoms with Gasteiger partial charge < -0.3 is 14.2 Å². The molecule has 1 aromatic heterocycles. The van der Waals surface area contributed by atoms with E-state index in [9.17, 15) is 4.79 Å². The minimum atomic E-state index is -0.0824. The van der Waals surface area contributed by atoms with Gasteiger partial charge in [-0.05, 0) is 36.4 Å². The molecule has 3 aromatic carbocycles. The highest BCUT2D eigenvalue weighted by molar-refractivity contribution is 7.99. The first kappa shape index (κ1) is 22.4. The number of ketones is 1. The summed E-state index contributed by atoms with van der Waals surface area (Å²) in [5.41, 5.74) is 2.19. The molecule has 0 amide bonds. The molecule has 0 saturated heterocycles. The van der Waals surface area contributed by atoms with Crippen molar-refractivity contribution in [3.05, 3.63) is 78.4 Å². The number of hydrogen-bond donors (Lipinski definition) is 0. The predicted octanol–water partition coefficient (Wildman–Crippen LogP) is 4.94. The van der Waals surface area contributed by atoms with Gasteiger partial charge in [0.25, 0.3) is 0 Å². The minimum absolute atomic E-state index is 0.0824. The Bertz CT molecular complexity index is 1260. The van der Waals surface area contributed by atoms with Crippen LogP contribution in [0.1, 0.15) is 10.4 Å². The Balaban J connectivity index is 1.68. The van der Waals surface area contributed by atoms with Gasteiger partial charge in [-0.2, -0.15) is 0 Å². The second-order valence-corrected chi connectivity index (χ2v) is 7.90. The second-order valence-electron chi connectivity index (χ2n) is 6.96. The van der Waals surface area contributed by atoms with E-state index < -0.39 is 0 Å². The van der Waals surface area contributed by atoms with E-state index in [1.165, 1.54) is 18.9 Å². The molecule has 0 unspecified atom stereocenters. The fourth-order valence-electron chi connectivity index (χ4n) is 3.41. The number of thioether (sulfide) groups is 1. The maximum atomic E-state index is 13.0. The maximum Gasteiger partial charge on any atom is 0.196 e. The zero-order valence-corrected chi connectivity index (χ0v) is 19.3. The molecule has 0 aliphatic carbocycles. The van der Waals surface area contributed by atoms with Gasteiger partial charge in [0, 0.05) is 11.8 Å². The Morgan fingerprint density at radius 1 is 0.848 bits per heavy atom. The van der Waals surface area contributed by atoms with Crippen molar-refractivity contribution in [2.24, 2.45) is 0 Å². The van der Waals surface area contributed by atoms with Gasteiger partial charge in [0.15, 0.2) is 16.8 Å². The van der Waals surface area contributed by atoms with Crippen molar-refractivity contribution in [1.82, 2.24) is 14.8 Å². The van der Waals surface area contributed by atoms with Crippen LogP contribution >= 0.6 is 11.8 Å². The molecule has 0 aliphatic rings. The smallest absolute Gasteiger partial charge is 0.196 e. The van der Waals surface area contributed by atoms with Crippen LogP contribution in [0.5, 0.6) is 17.2 Å². The number of methoxy groups -OCH3 is 3. The van der Waals surface area contributed by atoms with Gasteiger partial charge in [0.1, 0.15) is 17.2 Å². The first-order valence-electron chi connectivity index (χ1n) is 10.2. The molecule has 168 valence electrons. The zero-order valence-electron chi connectivity index (χ0n) is 18.5. The summed E-state index contributed by atoms with van der Waals surface area (Å²) in [5, 5.41) is 9.43. The molecule has 7 nitrogen and oxygen atoms in total. The first-order valence-corrected chi connectivity index (χ1v) is 11.2. The molecular formula is C25H23N3O4S. The van der Waals surface area contributed by atoms with Crippen LogP contribution in [0.3, 0.4) is 0 Å². The van der Waals surface area contributed by atoms with Crippen LogP contribution in [-0.4, -0.2) is 47.6 Å². The van der Waals surface area contributed by atoms with E-state index in [2.05, 4.69) is 10.2 Å². The van der Waals surface area contributed by atoms with Crippen molar-refractivity contribution >= 4 is 17.5 Å². The third-order valence-electron chi connectivity index (χ3n) is 5.04. The summed E-state index contributed by atoms with van der Waals surface area (Å²) < 4.78 is 18.1. The molecule has 8 heteroatoms. The summed E-state index contributed by atoms with van der Waals surface area (Å²) in [4.78, 5) is 13.0. The van der Waals surface area contributed by atoms with Crippen molar-refractivity contribution in [3.63, 3.8) is 0 Å². The fourth-order valence-corrected chi connectivity index (χ4v) is 4.25. The van der Waals surface area contributed by atoms with Crippen molar-refractivity contribution in [1.29, 1.82) is 0 Å². The molecule has 4 rings (SSSR count). The molecule has 0 saturated carbocycles. The number of aromatic nitrogens is 3. The van der Waals surface area contributed by atoms with Gasteiger partial charge in [-0.1, -0.05) is 42.1 Å². The van der Waals surface area contributed by atoms with Crippen LogP contribution in [0.15, 0.2) is 78.0 Å². The number of ether oxygens (including phenoxy) is 3. The average molecular weight is 462 g/mol. The molecule has 0 bridgehead atoms. The molecule has 0 fully saturated rings. The number of carbonyl (C=O) groups is 1. The normalized spacial score (nSPS) is 10.6. The summed E-state index contributed by atoms with van der Waals surface area (Å²) in [7, 11) is 4.73. The summed E-state index contributed by atoms with van der Waals surface area (Å²) >= 11 is 1.32. The lowest BCUT2D eigenvalue weighted by molar-refractivity contribution is 0.101. The number of carbonyl (C=O) groups excluding carboxylic acids is 1. The highest BCUT2D eigenvalue weighted by Gasteiger charge is 2.21. The number of Topliss-reactive ketones (excluding diaryl/α,β-unsaturated/α-hetero) is 1. The van der Waals surface area contributed by atoms with Crippen molar-refractivity contribution in [2.75, 3.05) is 27.1 Å². The Labute approximate surface area is 196 Å². The van der Waals surface area contributed by atoms with Gasteiger partial charge in [0.05, 0.1) is 38.2 Å². The Hall–Kier alpha value is -3.78. The largest absolute Gasteiger partial charge is 0.497 e. The highest BCUT2D eigenvalue weighted by Crippen LogP contribution is 2.34. The summed E-state index contributed by atoms with van der Waals surface area (Å²) in [6.45, 7) is 0. The van der Waals surface area contributed by atoms with Crippen LogP contribution in [0.4, 0.5) is 0 Å². The number of hydrogen-bond acceptors (Lipinski definition) is 7. The molecule has 0 N–H and O–H groups in total. The van der Waals surface area contributed by atoms with Crippen LogP contribution in [0.2, 0.25) is 0 Å². The molecule has 33 heavy (non-hydrogen) atoms. The molecule has 4 aromatic rings. The van der Waals surface area contributed by atoms with E-state index in [0.29, 0.717) is 33.8 Å². The summed E-state index contributed by atoms with van der Waals surface area (Å²) in [6.07, 6.45) is 0. The van der Waals surface area contributed by atoms with E-state index in [1.54, 1.807) is 32.4 Å². The topological polar surface area (TPSA) is 75.5 Å². The third-order valence-corrected chi connectivity index (χ3v) is 5.97. The number of nitrogens with zero attached hydrogens (tertiary/aromatic N) is 3. The lowest BCUT2D eigenvalue weighted by atomic mass is 10.1. The first-order chi connectivity index (χ1) is 16.2. The summed E-state index contributed by atoms with van der Waals surface area (Å²) in [5.74, 6) is 2.51. The fraction of sp³-hybridized carbons (Fsp3) is 0.160. The Morgan fingerprint density at radius 2 is 1.58 bits per heavy atom. The van der Waals surface area contributed by atoms with E-state index in [4.69, 9.17) is 14.2 Å². The van der Waals surface area contributed by atoms with Crippen molar-refractivity contribution < 1.29 is 19.0 Å². The van der Waals surface area contributed by atoms with E-state index in [-0.39, 0.29) is 11.5 Å². The Morgan fingerprint density at radius 3 is 2.30 bits per heavy atom. The average Bonchev–Trinajstić information content (AvgIpc) is 3.31. The predicted molar refractivity (Wildman–Crippen MR) is 128 cm³/mol. The molecule has 0 aliphatic heterocycles. The number of rotatable bonds is 9. The SMILES string of the molecule is COc1ccc(C(=O)CSc2nnc(-c3ccccc3OC)n2-c2ccccc2)c(OC)c1. The van der Waals surface area contributed by atoms with Crippen LogP contribution in [0, 0.1) is 0 Å². The molecule has 1 heterocycles. The lowest BCUT2D eigenvalue weighted by Gasteiger charge is -2.12. The van der Waals surface area contributed by atoms with Gasteiger partial charge >= 0.3 is 0 Å². The van der Waals surface area contributed by atoms with E-state index in [1.807, 2.05) is 59.2 Å². The van der Waals surface area contributed by atoms with Crippen molar-refractivity contribution in [3.8, 4) is 34.3 Å². The van der Waals surface area contributed by atoms with Crippen molar-refractivity contribution in [2.45, 2.75) is 5.16 Å². The highest BCUT2D eigenvalue weighted by atomic mass is 32.2. The number of benzene rings is 3. The molecule has 0 spiro atoms. The molecule has 0 radical (unpaired) electrons. The van der Waals surface area contributed by atoms with E-state index in [0.717, 1.165) is 11.3 Å². The quantitative estimate of drug-likeness (QED) is 0.258. The lowest BCUT2D eigenvalue weighted by Crippen LogP contribution is -2.07. The van der Waals surface area contributed by atoms with Gasteiger partial charge in [0.2, 0.25) is 0 Å². The maximum absolute atomic E-state index is 13.0. The number of para-hydroxylation sites is 2. The van der Waals surface area contributed by atoms with Crippen LogP contribution in [0.25, 0.3) is 17.1 Å². The van der Waals surface area contributed by atoms with Crippen LogP contribution < -0.4 is 14.2 Å². The Kier molecular flexibility index (Phi) is 6.95. The van der Waals surface area contributed by atoms with Gasteiger partial charge in [-0.25, -0.2) is 0 Å². The third kappa shape index (κ3) is 4.70. The minimum Gasteiger partial charge on any atom is -0.497 e. The standard InChI is InChI=1S/C25H23N3O4S/c1-30-18-13-14-19(23(15-18)32-3)21(29)16-33-25-27-26-24(20-11-7-8-12-22(20)31-2)28(25)17-9-5-4-6-10-17/h4-15H,16H2,1-3H3. The molecule has 0 atom stereocenters. The monoisotopic (exact) mass is 461 g/mol. The van der Waals surface area contributed by atoms with Gasteiger partial charge in [-0.3, -0.25) is 9.36 Å². The van der Waals surface area contributed by atoms with E-state index >= 15 is 0 Å². The zero-order chi connectivity index (χ0) is 23.2. The van der Waals surface area contributed by atoms with Crippen LogP contribution in [-0.2, 0) is 0 Å². The molecular weight excluding hydrogens is 438 g/mol. The van der Waals surface area contributed by atoms with Gasteiger partial charge in [-0.15, -0.1) is 10.2 Å².